The molecule has 1 saturated heterocycles. The minimum Gasteiger partial charge on any atom is -0.506 e. The Balaban J connectivity index is 1.62. The summed E-state index contributed by atoms with van der Waals surface area (Å²) in [5.74, 6) is 2.07. The quantitative estimate of drug-likeness (QED) is 0.883. The number of aromatic hydroxyl groups is 1. The number of hydrogen-bond acceptors (Lipinski definition) is 2. The van der Waals surface area contributed by atoms with Gasteiger partial charge in [-0.1, -0.05) is 36.9 Å². The molecule has 1 aliphatic carbocycles. The molecule has 1 aromatic rings. The lowest BCUT2D eigenvalue weighted by atomic mass is 9.75. The average molecular weight is 280 g/mol. The first kappa shape index (κ1) is 13.3. The van der Waals surface area contributed by atoms with E-state index in [4.69, 9.17) is 11.6 Å². The van der Waals surface area contributed by atoms with Crippen LogP contribution in [0.4, 0.5) is 0 Å². The first-order valence-corrected chi connectivity index (χ1v) is 7.80. The van der Waals surface area contributed by atoms with Gasteiger partial charge in [-0.2, -0.15) is 0 Å². The molecule has 1 saturated carbocycles. The molecule has 2 aliphatic rings. The predicted molar refractivity (Wildman–Crippen MR) is 78.5 cm³/mol. The SMILES string of the molecule is Oc1ccc(CN2CCC3CCCCC3C2)cc1Cl. The Kier molecular flexibility index (Phi) is 3.99. The molecule has 2 unspecified atom stereocenters. The van der Waals surface area contributed by atoms with E-state index in [-0.39, 0.29) is 5.75 Å². The van der Waals surface area contributed by atoms with Gasteiger partial charge in [-0.3, -0.25) is 4.90 Å². The Morgan fingerprint density at radius 1 is 1.16 bits per heavy atom. The molecule has 1 heterocycles. The van der Waals surface area contributed by atoms with Gasteiger partial charge in [0.1, 0.15) is 5.75 Å². The summed E-state index contributed by atoms with van der Waals surface area (Å²) in [5.41, 5.74) is 1.21. The van der Waals surface area contributed by atoms with E-state index in [0.717, 1.165) is 18.4 Å². The fourth-order valence-corrected chi connectivity index (χ4v) is 3.93. The molecule has 3 rings (SSSR count). The minimum absolute atomic E-state index is 0.177. The third kappa shape index (κ3) is 3.06. The Bertz CT molecular complexity index is 448. The van der Waals surface area contributed by atoms with Crippen LogP contribution >= 0.6 is 11.6 Å². The molecule has 0 aromatic heterocycles. The molecular formula is C16H22ClNO. The number of phenolic OH excluding ortho intramolecular Hbond substituents is 1. The Labute approximate surface area is 120 Å². The first-order valence-electron chi connectivity index (χ1n) is 7.42. The summed E-state index contributed by atoms with van der Waals surface area (Å²) in [4.78, 5) is 2.55. The average Bonchev–Trinajstić information content (AvgIpc) is 2.43. The highest BCUT2D eigenvalue weighted by molar-refractivity contribution is 6.32. The van der Waals surface area contributed by atoms with E-state index in [1.165, 1.54) is 50.8 Å². The molecular weight excluding hydrogens is 258 g/mol. The number of hydrogen-bond donors (Lipinski definition) is 1. The fraction of sp³-hybridized carbons (Fsp3) is 0.625. The molecule has 3 heteroatoms. The maximum atomic E-state index is 9.46. The molecule has 0 radical (unpaired) electrons. The van der Waals surface area contributed by atoms with Crippen molar-refractivity contribution in [3.8, 4) is 5.75 Å². The second kappa shape index (κ2) is 5.72. The maximum Gasteiger partial charge on any atom is 0.134 e. The van der Waals surface area contributed by atoms with E-state index in [2.05, 4.69) is 4.90 Å². The minimum atomic E-state index is 0.177. The zero-order valence-corrected chi connectivity index (χ0v) is 12.1. The van der Waals surface area contributed by atoms with E-state index in [1.54, 1.807) is 6.07 Å². The molecule has 0 amide bonds. The number of piperidine rings is 1. The van der Waals surface area contributed by atoms with Crippen LogP contribution < -0.4 is 0 Å². The Morgan fingerprint density at radius 2 is 1.95 bits per heavy atom. The van der Waals surface area contributed by atoms with Crippen LogP contribution in [0.15, 0.2) is 18.2 Å². The van der Waals surface area contributed by atoms with Crippen molar-refractivity contribution in [1.29, 1.82) is 0 Å². The van der Waals surface area contributed by atoms with Crippen molar-refractivity contribution in [2.75, 3.05) is 13.1 Å². The van der Waals surface area contributed by atoms with Gasteiger partial charge in [0.15, 0.2) is 0 Å². The topological polar surface area (TPSA) is 23.5 Å². The van der Waals surface area contributed by atoms with Crippen LogP contribution in [0.5, 0.6) is 5.75 Å². The highest BCUT2D eigenvalue weighted by atomic mass is 35.5. The zero-order valence-electron chi connectivity index (χ0n) is 11.3. The van der Waals surface area contributed by atoms with Crippen LogP contribution in [0.1, 0.15) is 37.7 Å². The van der Waals surface area contributed by atoms with Gasteiger partial charge in [0.05, 0.1) is 5.02 Å². The summed E-state index contributed by atoms with van der Waals surface area (Å²) in [7, 11) is 0. The van der Waals surface area contributed by atoms with Crippen molar-refractivity contribution in [3.05, 3.63) is 28.8 Å². The number of phenols is 1. The van der Waals surface area contributed by atoms with E-state index in [1.807, 2.05) is 12.1 Å². The molecule has 104 valence electrons. The Hall–Kier alpha value is -0.730. The predicted octanol–water partition coefficient (Wildman–Crippen LogP) is 4.06. The van der Waals surface area contributed by atoms with E-state index in [9.17, 15) is 5.11 Å². The number of nitrogens with zero attached hydrogens (tertiary/aromatic N) is 1. The van der Waals surface area contributed by atoms with Gasteiger partial charge >= 0.3 is 0 Å². The second-order valence-electron chi connectivity index (χ2n) is 6.11. The first-order chi connectivity index (χ1) is 9.22. The molecule has 2 nitrogen and oxygen atoms in total. The van der Waals surface area contributed by atoms with Crippen molar-refractivity contribution in [3.63, 3.8) is 0 Å². The van der Waals surface area contributed by atoms with Gasteiger partial charge in [0.25, 0.3) is 0 Å². The summed E-state index contributed by atoms with van der Waals surface area (Å²) in [5, 5.41) is 9.92. The van der Waals surface area contributed by atoms with Crippen LogP contribution in [-0.4, -0.2) is 23.1 Å². The van der Waals surface area contributed by atoms with Gasteiger partial charge in [0.2, 0.25) is 0 Å². The second-order valence-corrected chi connectivity index (χ2v) is 6.52. The third-order valence-corrected chi connectivity index (χ3v) is 5.10. The van der Waals surface area contributed by atoms with Gasteiger partial charge < -0.3 is 5.11 Å². The van der Waals surface area contributed by atoms with Crippen molar-refractivity contribution >= 4 is 11.6 Å². The van der Waals surface area contributed by atoms with Gasteiger partial charge in [0, 0.05) is 13.1 Å². The van der Waals surface area contributed by atoms with Crippen molar-refractivity contribution in [1.82, 2.24) is 4.90 Å². The molecule has 1 N–H and O–H groups in total. The van der Waals surface area contributed by atoms with Crippen molar-refractivity contribution in [2.24, 2.45) is 11.8 Å². The smallest absolute Gasteiger partial charge is 0.134 e. The number of fused-ring (bicyclic) bond motifs is 1. The number of likely N-dealkylation sites (tertiary alicyclic amines) is 1. The third-order valence-electron chi connectivity index (χ3n) is 4.79. The van der Waals surface area contributed by atoms with Crippen LogP contribution in [0.3, 0.4) is 0 Å². The van der Waals surface area contributed by atoms with Gasteiger partial charge in [-0.25, -0.2) is 0 Å². The van der Waals surface area contributed by atoms with E-state index < -0.39 is 0 Å². The summed E-state index contributed by atoms with van der Waals surface area (Å²) in [6, 6.07) is 5.57. The lowest BCUT2D eigenvalue weighted by molar-refractivity contribution is 0.0820. The summed E-state index contributed by atoms with van der Waals surface area (Å²) >= 11 is 5.97. The van der Waals surface area contributed by atoms with Crippen LogP contribution in [-0.2, 0) is 6.54 Å². The lowest BCUT2D eigenvalue weighted by Gasteiger charge is -2.41. The summed E-state index contributed by atoms with van der Waals surface area (Å²) < 4.78 is 0. The monoisotopic (exact) mass is 279 g/mol. The van der Waals surface area contributed by atoms with Gasteiger partial charge in [-0.05, 0) is 48.9 Å². The molecule has 19 heavy (non-hydrogen) atoms. The van der Waals surface area contributed by atoms with E-state index >= 15 is 0 Å². The highest BCUT2D eigenvalue weighted by Crippen LogP contribution is 2.36. The summed E-state index contributed by atoms with van der Waals surface area (Å²) in [6.45, 7) is 3.41. The number of benzene rings is 1. The van der Waals surface area contributed by atoms with E-state index in [0.29, 0.717) is 5.02 Å². The molecule has 1 aliphatic heterocycles. The largest absolute Gasteiger partial charge is 0.506 e. The summed E-state index contributed by atoms with van der Waals surface area (Å²) in [6.07, 6.45) is 7.08. The molecule has 1 aromatic carbocycles. The molecule has 0 spiro atoms. The zero-order chi connectivity index (χ0) is 13.2. The standard InChI is InChI=1S/C16H22ClNO/c17-15-9-12(5-6-16(15)19)10-18-8-7-13-3-1-2-4-14(13)11-18/h5-6,9,13-14,19H,1-4,7-8,10-11H2. The van der Waals surface area contributed by atoms with Crippen LogP contribution in [0.25, 0.3) is 0 Å². The number of rotatable bonds is 2. The molecule has 2 fully saturated rings. The fourth-order valence-electron chi connectivity index (χ4n) is 3.73. The normalized spacial score (nSPS) is 28.1. The highest BCUT2D eigenvalue weighted by Gasteiger charge is 2.30. The lowest BCUT2D eigenvalue weighted by Crippen LogP contribution is -2.41. The van der Waals surface area contributed by atoms with Crippen LogP contribution in [0, 0.1) is 11.8 Å². The van der Waals surface area contributed by atoms with Crippen molar-refractivity contribution in [2.45, 2.75) is 38.6 Å². The maximum absolute atomic E-state index is 9.46. The number of halogens is 1. The van der Waals surface area contributed by atoms with Gasteiger partial charge in [-0.15, -0.1) is 0 Å². The molecule has 2 atom stereocenters. The Morgan fingerprint density at radius 3 is 2.74 bits per heavy atom. The van der Waals surface area contributed by atoms with Crippen LogP contribution in [0.2, 0.25) is 5.02 Å². The van der Waals surface area contributed by atoms with Crippen molar-refractivity contribution < 1.29 is 5.11 Å². The molecule has 0 bridgehead atoms.